The zero-order valence-electron chi connectivity index (χ0n) is 8.70. The minimum Gasteiger partial charge on any atom is -0.398 e. The average molecular weight is 197 g/mol. The van der Waals surface area contributed by atoms with E-state index < -0.39 is 0 Å². The standard InChI is InChI=1S/C12H11N3/c1-7-3-8(2)12-10(14)5-9(6-13)15-11(12)4-7/h3-5H,1-2H3,(H2,14,15). The number of nitriles is 1. The molecule has 3 heteroatoms. The second-order valence-corrected chi connectivity index (χ2v) is 3.68. The van der Waals surface area contributed by atoms with E-state index in [0.717, 1.165) is 22.0 Å². The summed E-state index contributed by atoms with van der Waals surface area (Å²) in [5.74, 6) is 0. The molecule has 0 aliphatic heterocycles. The summed E-state index contributed by atoms with van der Waals surface area (Å²) in [5, 5.41) is 9.74. The van der Waals surface area contributed by atoms with Crippen LogP contribution in [0.5, 0.6) is 0 Å². The second kappa shape index (κ2) is 3.25. The van der Waals surface area contributed by atoms with Crippen LogP contribution in [0.15, 0.2) is 18.2 Å². The number of aromatic nitrogens is 1. The summed E-state index contributed by atoms with van der Waals surface area (Å²) in [5.41, 5.74) is 9.90. The van der Waals surface area contributed by atoms with Gasteiger partial charge in [-0.25, -0.2) is 4.98 Å². The number of nitrogen functional groups attached to an aromatic ring is 1. The predicted molar refractivity (Wildman–Crippen MR) is 60.3 cm³/mol. The normalized spacial score (nSPS) is 10.2. The number of hydrogen-bond donors (Lipinski definition) is 1. The van der Waals surface area contributed by atoms with E-state index in [1.165, 1.54) is 0 Å². The minimum absolute atomic E-state index is 0.366. The first-order chi connectivity index (χ1) is 7.11. The molecule has 0 saturated heterocycles. The zero-order chi connectivity index (χ0) is 11.0. The summed E-state index contributed by atoms with van der Waals surface area (Å²) in [4.78, 5) is 4.24. The van der Waals surface area contributed by atoms with Crippen molar-refractivity contribution in [1.29, 1.82) is 5.26 Å². The molecule has 2 aromatic rings. The Hall–Kier alpha value is -2.08. The van der Waals surface area contributed by atoms with Gasteiger partial charge in [-0.15, -0.1) is 0 Å². The largest absolute Gasteiger partial charge is 0.398 e. The molecule has 0 aliphatic rings. The van der Waals surface area contributed by atoms with Crippen molar-refractivity contribution in [1.82, 2.24) is 4.98 Å². The molecule has 0 bridgehead atoms. The molecule has 2 rings (SSSR count). The van der Waals surface area contributed by atoms with E-state index in [-0.39, 0.29) is 0 Å². The number of hydrogen-bond acceptors (Lipinski definition) is 3. The van der Waals surface area contributed by atoms with E-state index in [4.69, 9.17) is 11.0 Å². The Balaban J connectivity index is 2.93. The monoisotopic (exact) mass is 197 g/mol. The molecule has 0 radical (unpaired) electrons. The molecule has 1 aromatic heterocycles. The van der Waals surface area contributed by atoms with Gasteiger partial charge in [-0.3, -0.25) is 0 Å². The lowest BCUT2D eigenvalue weighted by Gasteiger charge is -2.06. The summed E-state index contributed by atoms with van der Waals surface area (Å²) in [6.07, 6.45) is 0. The minimum atomic E-state index is 0.366. The summed E-state index contributed by atoms with van der Waals surface area (Å²) in [6, 6.07) is 7.63. The van der Waals surface area contributed by atoms with E-state index in [9.17, 15) is 0 Å². The number of benzene rings is 1. The molecule has 0 aliphatic carbocycles. The number of pyridine rings is 1. The van der Waals surface area contributed by atoms with Gasteiger partial charge in [-0.05, 0) is 37.1 Å². The van der Waals surface area contributed by atoms with E-state index in [1.54, 1.807) is 6.07 Å². The highest BCUT2D eigenvalue weighted by Gasteiger charge is 2.06. The van der Waals surface area contributed by atoms with Crippen molar-refractivity contribution in [2.45, 2.75) is 13.8 Å². The zero-order valence-corrected chi connectivity index (χ0v) is 8.70. The van der Waals surface area contributed by atoms with Crippen LogP contribution >= 0.6 is 0 Å². The molecule has 3 nitrogen and oxygen atoms in total. The summed E-state index contributed by atoms with van der Waals surface area (Å²) in [7, 11) is 0. The molecule has 0 saturated carbocycles. The Morgan fingerprint density at radius 3 is 2.67 bits per heavy atom. The van der Waals surface area contributed by atoms with Gasteiger partial charge in [0.1, 0.15) is 11.8 Å². The van der Waals surface area contributed by atoms with Crippen molar-refractivity contribution >= 4 is 16.6 Å². The lowest BCUT2D eigenvalue weighted by molar-refractivity contribution is 1.30. The fraction of sp³-hybridized carbons (Fsp3) is 0.167. The SMILES string of the molecule is Cc1cc(C)c2c(N)cc(C#N)nc2c1. The van der Waals surface area contributed by atoms with Gasteiger partial charge in [0, 0.05) is 11.1 Å². The second-order valence-electron chi connectivity index (χ2n) is 3.68. The predicted octanol–water partition coefficient (Wildman–Crippen LogP) is 2.31. The van der Waals surface area contributed by atoms with E-state index in [1.807, 2.05) is 26.0 Å². The molecular weight excluding hydrogens is 186 g/mol. The van der Waals surface area contributed by atoms with Gasteiger partial charge in [0.25, 0.3) is 0 Å². The Bertz CT molecular complexity index is 579. The van der Waals surface area contributed by atoms with Crippen LogP contribution < -0.4 is 5.73 Å². The third-order valence-corrected chi connectivity index (χ3v) is 2.40. The smallest absolute Gasteiger partial charge is 0.143 e. The average Bonchev–Trinajstić information content (AvgIpc) is 2.15. The molecule has 1 heterocycles. The van der Waals surface area contributed by atoms with Crippen molar-refractivity contribution in [3.63, 3.8) is 0 Å². The number of nitrogens with zero attached hydrogens (tertiary/aromatic N) is 2. The van der Waals surface area contributed by atoms with Crippen LogP contribution in [0.3, 0.4) is 0 Å². The number of aryl methyl sites for hydroxylation is 2. The van der Waals surface area contributed by atoms with Gasteiger partial charge < -0.3 is 5.73 Å². The van der Waals surface area contributed by atoms with Gasteiger partial charge in [0.15, 0.2) is 0 Å². The number of anilines is 1. The lowest BCUT2D eigenvalue weighted by Crippen LogP contribution is -1.95. The number of rotatable bonds is 0. The Labute approximate surface area is 88.2 Å². The first kappa shape index (κ1) is 9.47. The van der Waals surface area contributed by atoms with Gasteiger partial charge in [-0.2, -0.15) is 5.26 Å². The maximum absolute atomic E-state index is 8.79. The first-order valence-electron chi connectivity index (χ1n) is 4.69. The molecule has 2 N–H and O–H groups in total. The molecular formula is C12H11N3. The molecule has 1 aromatic carbocycles. The quantitative estimate of drug-likeness (QED) is 0.704. The van der Waals surface area contributed by atoms with Crippen LogP contribution in [0.4, 0.5) is 5.69 Å². The molecule has 74 valence electrons. The first-order valence-corrected chi connectivity index (χ1v) is 4.69. The molecule has 0 unspecified atom stereocenters. The molecule has 15 heavy (non-hydrogen) atoms. The Morgan fingerprint density at radius 2 is 2.00 bits per heavy atom. The molecule has 0 atom stereocenters. The Kier molecular flexibility index (Phi) is 2.05. The van der Waals surface area contributed by atoms with Crippen molar-refractivity contribution < 1.29 is 0 Å². The van der Waals surface area contributed by atoms with E-state index in [0.29, 0.717) is 11.4 Å². The van der Waals surface area contributed by atoms with Crippen LogP contribution in [0.25, 0.3) is 10.9 Å². The molecule has 0 fully saturated rings. The maximum atomic E-state index is 8.79. The third-order valence-electron chi connectivity index (χ3n) is 2.40. The van der Waals surface area contributed by atoms with E-state index in [2.05, 4.69) is 11.1 Å². The third kappa shape index (κ3) is 1.50. The lowest BCUT2D eigenvalue weighted by atomic mass is 10.0. The number of nitrogens with two attached hydrogens (primary N) is 1. The van der Waals surface area contributed by atoms with Gasteiger partial charge in [-0.1, -0.05) is 6.07 Å². The van der Waals surface area contributed by atoms with Crippen LogP contribution in [0.2, 0.25) is 0 Å². The van der Waals surface area contributed by atoms with Crippen LogP contribution in [-0.4, -0.2) is 4.98 Å². The highest BCUT2D eigenvalue weighted by Crippen LogP contribution is 2.25. The maximum Gasteiger partial charge on any atom is 0.143 e. The summed E-state index contributed by atoms with van der Waals surface area (Å²) in [6.45, 7) is 4.00. The summed E-state index contributed by atoms with van der Waals surface area (Å²) >= 11 is 0. The van der Waals surface area contributed by atoms with Crippen molar-refractivity contribution in [3.8, 4) is 6.07 Å². The summed E-state index contributed by atoms with van der Waals surface area (Å²) < 4.78 is 0. The van der Waals surface area contributed by atoms with Gasteiger partial charge in [0.05, 0.1) is 5.52 Å². The number of fused-ring (bicyclic) bond motifs is 1. The highest BCUT2D eigenvalue weighted by molar-refractivity contribution is 5.93. The topological polar surface area (TPSA) is 62.7 Å². The Morgan fingerprint density at radius 1 is 1.27 bits per heavy atom. The fourth-order valence-corrected chi connectivity index (χ4v) is 1.85. The fourth-order valence-electron chi connectivity index (χ4n) is 1.85. The van der Waals surface area contributed by atoms with Crippen molar-refractivity contribution in [2.24, 2.45) is 0 Å². The molecule has 0 spiro atoms. The van der Waals surface area contributed by atoms with Crippen molar-refractivity contribution in [2.75, 3.05) is 5.73 Å². The van der Waals surface area contributed by atoms with Crippen LogP contribution in [0, 0.1) is 25.2 Å². The van der Waals surface area contributed by atoms with E-state index >= 15 is 0 Å². The highest BCUT2D eigenvalue weighted by atomic mass is 14.7. The van der Waals surface area contributed by atoms with Crippen LogP contribution in [-0.2, 0) is 0 Å². The van der Waals surface area contributed by atoms with Crippen molar-refractivity contribution in [3.05, 3.63) is 35.0 Å². The van der Waals surface area contributed by atoms with Crippen LogP contribution in [0.1, 0.15) is 16.8 Å². The van der Waals surface area contributed by atoms with Gasteiger partial charge >= 0.3 is 0 Å². The molecule has 0 amide bonds. The van der Waals surface area contributed by atoms with Gasteiger partial charge in [0.2, 0.25) is 0 Å².